The molecular weight excluding hydrogens is 370 g/mol. The number of anilines is 1. The lowest BCUT2D eigenvalue weighted by atomic mass is 10.1. The van der Waals surface area contributed by atoms with E-state index in [4.69, 9.17) is 9.72 Å². The van der Waals surface area contributed by atoms with E-state index in [-0.39, 0.29) is 11.9 Å². The fourth-order valence-corrected chi connectivity index (χ4v) is 3.72. The van der Waals surface area contributed by atoms with Crippen molar-refractivity contribution in [1.82, 2.24) is 29.1 Å². The second-order valence-corrected chi connectivity index (χ2v) is 7.04. The highest BCUT2D eigenvalue weighted by Gasteiger charge is 2.24. The van der Waals surface area contributed by atoms with Crippen molar-refractivity contribution in [3.63, 3.8) is 0 Å². The smallest absolute Gasteiger partial charge is 0.226 e. The van der Waals surface area contributed by atoms with Crippen LogP contribution in [0, 0.1) is 0 Å². The van der Waals surface area contributed by atoms with E-state index in [0.29, 0.717) is 42.6 Å². The molecule has 0 unspecified atom stereocenters. The first-order chi connectivity index (χ1) is 14.2. The van der Waals surface area contributed by atoms with Crippen molar-refractivity contribution < 1.29 is 9.53 Å². The molecule has 0 atom stereocenters. The molecule has 5 heterocycles. The van der Waals surface area contributed by atoms with Gasteiger partial charge in [0.05, 0.1) is 23.5 Å². The van der Waals surface area contributed by atoms with Gasteiger partial charge in [-0.3, -0.25) is 14.7 Å². The minimum Gasteiger partial charge on any atom is -0.381 e. The Labute approximate surface area is 166 Å². The molecule has 1 saturated heterocycles. The maximum Gasteiger partial charge on any atom is 0.226 e. The van der Waals surface area contributed by atoms with Crippen LogP contribution in [0.25, 0.3) is 28.1 Å². The van der Waals surface area contributed by atoms with Gasteiger partial charge >= 0.3 is 0 Å². The first-order valence-corrected chi connectivity index (χ1v) is 9.80. The Morgan fingerprint density at radius 2 is 2.10 bits per heavy atom. The van der Waals surface area contributed by atoms with Gasteiger partial charge in [0, 0.05) is 31.9 Å². The standard InChI is InChI=1S/C20H21N7O2/c1-2-17(28)24-20-23-15-12-21-18(14-11-22-26-8-4-3-5-16(14)26)25-19(15)27(20)13-6-9-29-10-7-13/h3-5,8,11-13H,2,6-7,9-10H2,1H3,(H,23,24,28). The zero-order valence-corrected chi connectivity index (χ0v) is 16.1. The highest BCUT2D eigenvalue weighted by atomic mass is 16.5. The first-order valence-electron chi connectivity index (χ1n) is 9.80. The summed E-state index contributed by atoms with van der Waals surface area (Å²) >= 11 is 0. The molecule has 0 aromatic carbocycles. The van der Waals surface area contributed by atoms with E-state index in [1.165, 1.54) is 0 Å². The minimum absolute atomic E-state index is 0.0792. The van der Waals surface area contributed by atoms with Crippen molar-refractivity contribution in [2.75, 3.05) is 18.5 Å². The van der Waals surface area contributed by atoms with E-state index in [1.807, 2.05) is 35.9 Å². The number of carbonyl (C=O) groups excluding carboxylic acids is 1. The van der Waals surface area contributed by atoms with Gasteiger partial charge in [-0.25, -0.2) is 19.5 Å². The summed E-state index contributed by atoms with van der Waals surface area (Å²) in [4.78, 5) is 26.0. The second-order valence-electron chi connectivity index (χ2n) is 7.04. The number of nitrogens with one attached hydrogen (secondary N) is 1. The van der Waals surface area contributed by atoms with Gasteiger partial charge in [-0.05, 0) is 25.0 Å². The zero-order chi connectivity index (χ0) is 19.8. The van der Waals surface area contributed by atoms with Crippen molar-refractivity contribution in [2.24, 2.45) is 0 Å². The predicted molar refractivity (Wildman–Crippen MR) is 108 cm³/mol. The van der Waals surface area contributed by atoms with Crippen molar-refractivity contribution in [3.8, 4) is 11.4 Å². The van der Waals surface area contributed by atoms with Crippen LogP contribution in [0.5, 0.6) is 0 Å². The van der Waals surface area contributed by atoms with Crippen LogP contribution in [0.15, 0.2) is 36.8 Å². The third-order valence-electron chi connectivity index (χ3n) is 5.23. The van der Waals surface area contributed by atoms with Crippen molar-refractivity contribution in [2.45, 2.75) is 32.2 Å². The number of nitrogens with zero attached hydrogens (tertiary/aromatic N) is 6. The van der Waals surface area contributed by atoms with Crippen LogP contribution in [-0.4, -0.2) is 48.3 Å². The molecule has 0 saturated carbocycles. The molecule has 4 aromatic rings. The highest BCUT2D eigenvalue weighted by Crippen LogP contribution is 2.31. The molecule has 29 heavy (non-hydrogen) atoms. The van der Waals surface area contributed by atoms with Gasteiger partial charge in [0.15, 0.2) is 11.5 Å². The Hall–Kier alpha value is -3.33. The molecule has 1 amide bonds. The summed E-state index contributed by atoms with van der Waals surface area (Å²) in [6, 6.07) is 6.03. The third-order valence-corrected chi connectivity index (χ3v) is 5.23. The van der Waals surface area contributed by atoms with E-state index in [0.717, 1.165) is 23.9 Å². The lowest BCUT2D eigenvalue weighted by Crippen LogP contribution is -2.23. The average Bonchev–Trinajstić information content (AvgIpc) is 3.34. The van der Waals surface area contributed by atoms with Gasteiger partial charge in [0.1, 0.15) is 5.52 Å². The maximum atomic E-state index is 12.1. The Morgan fingerprint density at radius 1 is 1.24 bits per heavy atom. The molecule has 1 aliphatic rings. The Bertz CT molecular complexity index is 1190. The molecule has 0 spiro atoms. The minimum atomic E-state index is -0.0792. The summed E-state index contributed by atoms with van der Waals surface area (Å²) in [6.07, 6.45) is 7.44. The molecule has 4 aromatic heterocycles. The largest absolute Gasteiger partial charge is 0.381 e. The van der Waals surface area contributed by atoms with Gasteiger partial charge in [-0.2, -0.15) is 5.10 Å². The number of fused-ring (bicyclic) bond motifs is 2. The maximum absolute atomic E-state index is 12.1. The van der Waals surface area contributed by atoms with Gasteiger partial charge in [0.2, 0.25) is 11.9 Å². The van der Waals surface area contributed by atoms with E-state index in [2.05, 4.69) is 20.4 Å². The number of hydrogen-bond acceptors (Lipinski definition) is 6. The lowest BCUT2D eigenvalue weighted by Gasteiger charge is -2.25. The number of hydrogen-bond donors (Lipinski definition) is 1. The molecule has 0 aliphatic carbocycles. The van der Waals surface area contributed by atoms with E-state index in [1.54, 1.807) is 16.9 Å². The van der Waals surface area contributed by atoms with Gasteiger partial charge in [-0.1, -0.05) is 13.0 Å². The number of pyridine rings is 1. The lowest BCUT2D eigenvalue weighted by molar-refractivity contribution is -0.115. The number of ether oxygens (including phenoxy) is 1. The number of carbonyl (C=O) groups is 1. The molecule has 5 rings (SSSR count). The van der Waals surface area contributed by atoms with Gasteiger partial charge < -0.3 is 4.74 Å². The first kappa shape index (κ1) is 17.7. The van der Waals surface area contributed by atoms with Crippen LogP contribution in [0.2, 0.25) is 0 Å². The van der Waals surface area contributed by atoms with E-state index >= 15 is 0 Å². The number of aromatic nitrogens is 6. The molecule has 148 valence electrons. The van der Waals surface area contributed by atoms with Gasteiger partial charge in [-0.15, -0.1) is 0 Å². The zero-order valence-electron chi connectivity index (χ0n) is 16.1. The molecule has 9 nitrogen and oxygen atoms in total. The second kappa shape index (κ2) is 7.25. The molecule has 1 N–H and O–H groups in total. The summed E-state index contributed by atoms with van der Waals surface area (Å²) < 4.78 is 9.35. The van der Waals surface area contributed by atoms with E-state index in [9.17, 15) is 4.79 Å². The van der Waals surface area contributed by atoms with Crippen molar-refractivity contribution in [1.29, 1.82) is 0 Å². The molecule has 0 radical (unpaired) electrons. The van der Waals surface area contributed by atoms with Gasteiger partial charge in [0.25, 0.3) is 0 Å². The molecule has 0 bridgehead atoms. The third kappa shape index (κ3) is 3.13. The highest BCUT2D eigenvalue weighted by molar-refractivity contribution is 5.91. The molecular formula is C20H21N7O2. The Balaban J connectivity index is 1.66. The fraction of sp³-hybridized carbons (Fsp3) is 0.350. The van der Waals surface area contributed by atoms with Crippen molar-refractivity contribution >= 4 is 28.5 Å². The summed E-state index contributed by atoms with van der Waals surface area (Å²) in [7, 11) is 0. The quantitative estimate of drug-likeness (QED) is 0.574. The summed E-state index contributed by atoms with van der Waals surface area (Å²) in [5.41, 5.74) is 3.15. The monoisotopic (exact) mass is 391 g/mol. The Kier molecular flexibility index (Phi) is 4.44. The topological polar surface area (TPSA) is 99.2 Å². The molecule has 1 aliphatic heterocycles. The summed E-state index contributed by atoms with van der Waals surface area (Å²) in [5.74, 6) is 1.02. The number of imidazole rings is 1. The number of amides is 1. The van der Waals surface area contributed by atoms with E-state index < -0.39 is 0 Å². The van der Waals surface area contributed by atoms with Crippen molar-refractivity contribution in [3.05, 3.63) is 36.8 Å². The average molecular weight is 391 g/mol. The Morgan fingerprint density at radius 3 is 2.93 bits per heavy atom. The van der Waals surface area contributed by atoms with Crippen LogP contribution in [0.3, 0.4) is 0 Å². The van der Waals surface area contributed by atoms with Crippen LogP contribution in [0.4, 0.5) is 5.95 Å². The summed E-state index contributed by atoms with van der Waals surface area (Å²) in [5, 5.41) is 7.30. The van der Waals surface area contributed by atoms with Crippen LogP contribution in [-0.2, 0) is 9.53 Å². The predicted octanol–water partition coefficient (Wildman–Crippen LogP) is 2.84. The van der Waals surface area contributed by atoms with Crippen LogP contribution >= 0.6 is 0 Å². The summed E-state index contributed by atoms with van der Waals surface area (Å²) in [6.45, 7) is 3.18. The normalized spacial score (nSPS) is 15.2. The molecule has 1 fully saturated rings. The van der Waals surface area contributed by atoms with Crippen LogP contribution in [0.1, 0.15) is 32.2 Å². The SMILES string of the molecule is CCC(=O)Nc1nc2cnc(-c3cnn4ccccc34)nc2n1C1CCOCC1. The van der Waals surface area contributed by atoms with Crippen LogP contribution < -0.4 is 5.32 Å². The number of rotatable bonds is 4. The molecule has 9 heteroatoms. The fourth-order valence-electron chi connectivity index (χ4n) is 3.72.